The van der Waals surface area contributed by atoms with Gasteiger partial charge in [0.25, 0.3) is 5.91 Å². The molecular weight excluding hydrogens is 294 g/mol. The fraction of sp³-hybridized carbons (Fsp3) is 0.222. The number of benzene rings is 2. The lowest BCUT2D eigenvalue weighted by Gasteiger charge is -2.26. The van der Waals surface area contributed by atoms with Gasteiger partial charge in [-0.3, -0.25) is 9.59 Å². The van der Waals surface area contributed by atoms with Crippen LogP contribution < -0.4 is 4.74 Å². The summed E-state index contributed by atoms with van der Waals surface area (Å²) in [5.74, 6) is -0.0411. The number of fused-ring (bicyclic) bond motifs is 2. The number of esters is 1. The summed E-state index contributed by atoms with van der Waals surface area (Å²) in [6.45, 7) is -0.270. The van der Waals surface area contributed by atoms with E-state index in [9.17, 15) is 9.59 Å². The van der Waals surface area contributed by atoms with E-state index in [1.165, 1.54) is 4.90 Å². The molecule has 0 spiro atoms. The number of rotatable bonds is 3. The second-order valence-electron chi connectivity index (χ2n) is 5.51. The zero-order chi connectivity index (χ0) is 16.4. The first kappa shape index (κ1) is 15.1. The summed E-state index contributed by atoms with van der Waals surface area (Å²) in [7, 11) is 3.24. The number of likely N-dealkylation sites (N-methyl/N-ethyl adjacent to an activating group) is 1. The Balaban J connectivity index is 1.92. The van der Waals surface area contributed by atoms with Crippen LogP contribution in [0, 0.1) is 0 Å². The van der Waals surface area contributed by atoms with Gasteiger partial charge >= 0.3 is 5.97 Å². The first-order valence-corrected chi connectivity index (χ1v) is 7.30. The maximum Gasteiger partial charge on any atom is 0.318 e. The molecule has 0 saturated carbocycles. The van der Waals surface area contributed by atoms with E-state index in [2.05, 4.69) is 0 Å². The van der Waals surface area contributed by atoms with E-state index in [0.29, 0.717) is 11.5 Å². The first-order chi connectivity index (χ1) is 11.1. The van der Waals surface area contributed by atoms with E-state index in [0.717, 1.165) is 11.1 Å². The number of carbonyl (C=O) groups excluding carboxylic acids is 2. The van der Waals surface area contributed by atoms with Crippen molar-refractivity contribution in [3.63, 3.8) is 0 Å². The lowest BCUT2D eigenvalue weighted by atomic mass is 9.88. The molecule has 118 valence electrons. The molecule has 1 aliphatic heterocycles. The minimum absolute atomic E-state index is 0.257. The maximum atomic E-state index is 12.6. The fourth-order valence-electron chi connectivity index (χ4n) is 2.51. The van der Waals surface area contributed by atoms with Crippen LogP contribution in [0.2, 0.25) is 0 Å². The maximum absolute atomic E-state index is 12.6. The highest BCUT2D eigenvalue weighted by Gasteiger charge is 2.33. The molecule has 0 aliphatic carbocycles. The molecule has 2 aromatic carbocycles. The molecular formula is C18H17NO4. The van der Waals surface area contributed by atoms with Crippen LogP contribution in [0.25, 0.3) is 0 Å². The number of hydrogen-bond donors (Lipinski definition) is 0. The molecule has 0 atom stereocenters. The van der Waals surface area contributed by atoms with Gasteiger partial charge in [0, 0.05) is 25.2 Å². The van der Waals surface area contributed by atoms with Crippen molar-refractivity contribution in [1.82, 2.24) is 4.90 Å². The van der Waals surface area contributed by atoms with E-state index < -0.39 is 11.9 Å². The second-order valence-corrected chi connectivity index (χ2v) is 5.51. The Hall–Kier alpha value is -2.82. The standard InChI is InChI=1S/C18H17NO4/c1-19(2)16(20)11-22-18(21)17-12-7-3-5-9-14(12)23-15-10-6-4-8-13(15)17/h3-10,17H,11H2,1-2H3. The van der Waals surface area contributed by atoms with Gasteiger partial charge < -0.3 is 14.4 Å². The Morgan fingerprint density at radius 1 is 1.00 bits per heavy atom. The van der Waals surface area contributed by atoms with E-state index >= 15 is 0 Å². The topological polar surface area (TPSA) is 55.8 Å². The van der Waals surface area contributed by atoms with Crippen LogP contribution in [0.3, 0.4) is 0 Å². The molecule has 0 aromatic heterocycles. The van der Waals surface area contributed by atoms with Crippen LogP contribution in [0.4, 0.5) is 0 Å². The van der Waals surface area contributed by atoms with Gasteiger partial charge in [-0.1, -0.05) is 36.4 Å². The molecule has 2 aromatic rings. The zero-order valence-corrected chi connectivity index (χ0v) is 13.0. The fourth-order valence-corrected chi connectivity index (χ4v) is 2.51. The summed E-state index contributed by atoms with van der Waals surface area (Å²) >= 11 is 0. The third kappa shape index (κ3) is 2.90. The van der Waals surface area contributed by atoms with Crippen molar-refractivity contribution in [3.05, 3.63) is 59.7 Å². The second kappa shape index (κ2) is 6.12. The van der Waals surface area contributed by atoms with Gasteiger partial charge in [0.1, 0.15) is 17.4 Å². The molecule has 0 saturated heterocycles. The van der Waals surface area contributed by atoms with E-state index in [4.69, 9.17) is 9.47 Å². The predicted molar refractivity (Wildman–Crippen MR) is 84.5 cm³/mol. The van der Waals surface area contributed by atoms with Crippen LogP contribution in [-0.2, 0) is 14.3 Å². The molecule has 5 nitrogen and oxygen atoms in total. The lowest BCUT2D eigenvalue weighted by molar-refractivity contribution is -0.151. The van der Waals surface area contributed by atoms with Crippen molar-refractivity contribution in [2.45, 2.75) is 5.92 Å². The Labute approximate surface area is 134 Å². The SMILES string of the molecule is CN(C)C(=O)COC(=O)C1c2ccccc2Oc2ccccc21. The molecule has 0 unspecified atom stereocenters. The van der Waals surface area contributed by atoms with Crippen LogP contribution in [0.1, 0.15) is 17.0 Å². The normalized spacial score (nSPS) is 12.6. The molecule has 1 amide bonds. The van der Waals surface area contributed by atoms with E-state index in [-0.39, 0.29) is 12.5 Å². The predicted octanol–water partition coefficient (Wildman–Crippen LogP) is 2.56. The lowest BCUT2D eigenvalue weighted by Crippen LogP contribution is -2.29. The number of carbonyl (C=O) groups is 2. The van der Waals surface area contributed by atoms with Gasteiger partial charge in [-0.2, -0.15) is 0 Å². The molecule has 1 heterocycles. The highest BCUT2D eigenvalue weighted by atomic mass is 16.5. The minimum atomic E-state index is -0.592. The van der Waals surface area contributed by atoms with Crippen molar-refractivity contribution in [2.75, 3.05) is 20.7 Å². The summed E-state index contributed by atoms with van der Waals surface area (Å²) in [4.78, 5) is 25.6. The van der Waals surface area contributed by atoms with E-state index in [1.807, 2.05) is 48.5 Å². The molecule has 23 heavy (non-hydrogen) atoms. The average molecular weight is 311 g/mol. The monoisotopic (exact) mass is 311 g/mol. The zero-order valence-electron chi connectivity index (χ0n) is 13.0. The van der Waals surface area contributed by atoms with Crippen LogP contribution in [-0.4, -0.2) is 37.5 Å². The van der Waals surface area contributed by atoms with Crippen molar-refractivity contribution >= 4 is 11.9 Å². The van der Waals surface area contributed by atoms with Crippen molar-refractivity contribution in [2.24, 2.45) is 0 Å². The van der Waals surface area contributed by atoms with Gasteiger partial charge in [-0.05, 0) is 12.1 Å². The van der Waals surface area contributed by atoms with Crippen molar-refractivity contribution in [1.29, 1.82) is 0 Å². The molecule has 0 N–H and O–H groups in total. The molecule has 5 heteroatoms. The number of ether oxygens (including phenoxy) is 2. The molecule has 3 rings (SSSR count). The highest BCUT2D eigenvalue weighted by Crippen LogP contribution is 2.44. The number of nitrogens with zero attached hydrogens (tertiary/aromatic N) is 1. The van der Waals surface area contributed by atoms with Gasteiger partial charge in [-0.25, -0.2) is 0 Å². The quantitative estimate of drug-likeness (QED) is 0.818. The summed E-state index contributed by atoms with van der Waals surface area (Å²) in [6.07, 6.45) is 0. The molecule has 0 bridgehead atoms. The Morgan fingerprint density at radius 3 is 2.04 bits per heavy atom. The number of amides is 1. The third-order valence-electron chi connectivity index (χ3n) is 3.75. The summed E-state index contributed by atoms with van der Waals surface area (Å²) in [5.41, 5.74) is 1.49. The Bertz CT molecular complexity index is 709. The van der Waals surface area contributed by atoms with Crippen LogP contribution in [0.15, 0.2) is 48.5 Å². The van der Waals surface area contributed by atoms with Gasteiger partial charge in [0.2, 0.25) is 0 Å². The number of hydrogen-bond acceptors (Lipinski definition) is 4. The minimum Gasteiger partial charge on any atom is -0.457 e. The summed E-state index contributed by atoms with van der Waals surface area (Å²) in [5, 5.41) is 0. The highest BCUT2D eigenvalue weighted by molar-refractivity contribution is 5.87. The summed E-state index contributed by atoms with van der Waals surface area (Å²) < 4.78 is 11.1. The smallest absolute Gasteiger partial charge is 0.318 e. The van der Waals surface area contributed by atoms with Crippen molar-refractivity contribution < 1.29 is 19.1 Å². The molecule has 1 aliphatic rings. The third-order valence-corrected chi connectivity index (χ3v) is 3.75. The van der Waals surface area contributed by atoms with E-state index in [1.54, 1.807) is 14.1 Å². The first-order valence-electron chi connectivity index (χ1n) is 7.30. The largest absolute Gasteiger partial charge is 0.457 e. The molecule has 0 radical (unpaired) electrons. The van der Waals surface area contributed by atoms with Gasteiger partial charge in [0.15, 0.2) is 6.61 Å². The Kier molecular flexibility index (Phi) is 4.02. The van der Waals surface area contributed by atoms with Crippen LogP contribution >= 0.6 is 0 Å². The molecule has 0 fully saturated rings. The van der Waals surface area contributed by atoms with Crippen LogP contribution in [0.5, 0.6) is 11.5 Å². The van der Waals surface area contributed by atoms with Crippen molar-refractivity contribution in [3.8, 4) is 11.5 Å². The number of para-hydroxylation sites is 2. The average Bonchev–Trinajstić information content (AvgIpc) is 2.57. The van der Waals surface area contributed by atoms with Gasteiger partial charge in [-0.15, -0.1) is 0 Å². The summed E-state index contributed by atoms with van der Waals surface area (Å²) in [6, 6.07) is 14.7. The van der Waals surface area contributed by atoms with Gasteiger partial charge in [0.05, 0.1) is 0 Å². The Morgan fingerprint density at radius 2 is 1.52 bits per heavy atom.